The Morgan fingerprint density at radius 1 is 0.952 bits per heavy atom. The second-order valence-electron chi connectivity index (χ2n) is 8.64. The van der Waals surface area contributed by atoms with Gasteiger partial charge in [0.2, 0.25) is 0 Å². The molecule has 2 rings (SSSR count). The molecule has 21 heavy (non-hydrogen) atoms. The fraction of sp³-hybridized carbons (Fsp3) is 1.00. The van der Waals surface area contributed by atoms with E-state index in [-0.39, 0.29) is 0 Å². The molecule has 0 aliphatic heterocycles. The smallest absolute Gasteiger partial charge is 0.0103 e. The van der Waals surface area contributed by atoms with Crippen molar-refractivity contribution in [2.75, 3.05) is 6.54 Å². The molecular formula is C20H39N. The summed E-state index contributed by atoms with van der Waals surface area (Å²) in [6, 6.07) is 0.762. The zero-order valence-electron chi connectivity index (χ0n) is 15.3. The van der Waals surface area contributed by atoms with Crippen molar-refractivity contribution in [1.82, 2.24) is 5.32 Å². The zero-order valence-corrected chi connectivity index (χ0v) is 15.3. The standard InChI is InChI=1S/C20H39N/c1-6-16-9-11-17(12-10-16)20(4,5)18-13-8-15(3)14-19(18)21-7-2/h15-19,21H,6-14H2,1-5H3. The van der Waals surface area contributed by atoms with Gasteiger partial charge in [0.25, 0.3) is 0 Å². The molecule has 1 nitrogen and oxygen atoms in total. The fourth-order valence-corrected chi connectivity index (χ4v) is 5.38. The minimum Gasteiger partial charge on any atom is -0.314 e. The van der Waals surface area contributed by atoms with Crippen molar-refractivity contribution in [3.05, 3.63) is 0 Å². The summed E-state index contributed by atoms with van der Waals surface area (Å²) in [5.74, 6) is 3.78. The van der Waals surface area contributed by atoms with Crippen LogP contribution >= 0.6 is 0 Å². The van der Waals surface area contributed by atoms with E-state index in [1.165, 1.54) is 51.4 Å². The first-order chi connectivity index (χ1) is 9.98. The summed E-state index contributed by atoms with van der Waals surface area (Å²) >= 11 is 0. The summed E-state index contributed by atoms with van der Waals surface area (Å²) in [5, 5.41) is 3.83. The van der Waals surface area contributed by atoms with Crippen molar-refractivity contribution in [3.8, 4) is 0 Å². The van der Waals surface area contributed by atoms with Gasteiger partial charge in [-0.05, 0) is 61.3 Å². The topological polar surface area (TPSA) is 12.0 Å². The lowest BCUT2D eigenvalue weighted by atomic mass is 9.58. The number of rotatable bonds is 5. The van der Waals surface area contributed by atoms with E-state index in [1.807, 2.05) is 0 Å². The molecule has 0 heterocycles. The normalized spacial score (nSPS) is 38.4. The SMILES string of the molecule is CCNC1CC(C)CCC1C(C)(C)C1CCC(CC)CC1. The van der Waals surface area contributed by atoms with Crippen LogP contribution in [0.5, 0.6) is 0 Å². The van der Waals surface area contributed by atoms with Gasteiger partial charge in [0.15, 0.2) is 0 Å². The van der Waals surface area contributed by atoms with Gasteiger partial charge in [0, 0.05) is 6.04 Å². The Hall–Kier alpha value is -0.0400. The third kappa shape index (κ3) is 4.03. The Balaban J connectivity index is 2.02. The van der Waals surface area contributed by atoms with Gasteiger partial charge < -0.3 is 5.32 Å². The molecular weight excluding hydrogens is 254 g/mol. The Morgan fingerprint density at radius 3 is 2.19 bits per heavy atom. The van der Waals surface area contributed by atoms with Crippen LogP contribution in [0.3, 0.4) is 0 Å². The van der Waals surface area contributed by atoms with Gasteiger partial charge in [0.05, 0.1) is 0 Å². The summed E-state index contributed by atoms with van der Waals surface area (Å²) < 4.78 is 0. The lowest BCUT2D eigenvalue weighted by Crippen LogP contribution is -2.49. The summed E-state index contributed by atoms with van der Waals surface area (Å²) in [6.07, 6.45) is 11.6. The Bertz CT molecular complexity index is 301. The maximum absolute atomic E-state index is 3.83. The first-order valence-corrected chi connectivity index (χ1v) is 9.72. The third-order valence-electron chi connectivity index (χ3n) is 7.01. The highest BCUT2D eigenvalue weighted by Crippen LogP contribution is 2.50. The summed E-state index contributed by atoms with van der Waals surface area (Å²) in [4.78, 5) is 0. The van der Waals surface area contributed by atoms with Gasteiger partial charge in [-0.15, -0.1) is 0 Å². The van der Waals surface area contributed by atoms with Crippen LogP contribution in [-0.2, 0) is 0 Å². The lowest BCUT2D eigenvalue weighted by Gasteiger charge is -2.50. The van der Waals surface area contributed by atoms with Crippen LogP contribution in [0.15, 0.2) is 0 Å². The highest BCUT2D eigenvalue weighted by Gasteiger charge is 2.43. The average Bonchev–Trinajstić information content (AvgIpc) is 2.47. The molecule has 0 radical (unpaired) electrons. The molecule has 0 aromatic rings. The minimum absolute atomic E-state index is 0.520. The van der Waals surface area contributed by atoms with Crippen molar-refractivity contribution in [2.24, 2.45) is 29.1 Å². The second kappa shape index (κ2) is 7.49. The minimum atomic E-state index is 0.520. The van der Waals surface area contributed by atoms with E-state index >= 15 is 0 Å². The monoisotopic (exact) mass is 293 g/mol. The van der Waals surface area contributed by atoms with E-state index in [9.17, 15) is 0 Å². The predicted molar refractivity (Wildman–Crippen MR) is 93.5 cm³/mol. The van der Waals surface area contributed by atoms with E-state index in [0.717, 1.165) is 36.3 Å². The van der Waals surface area contributed by atoms with Crippen LogP contribution in [0, 0.1) is 29.1 Å². The van der Waals surface area contributed by atoms with Crippen LogP contribution in [0.4, 0.5) is 0 Å². The molecule has 124 valence electrons. The summed E-state index contributed by atoms with van der Waals surface area (Å²) in [5.41, 5.74) is 0.520. The first kappa shape index (κ1) is 17.3. The molecule has 3 unspecified atom stereocenters. The second-order valence-corrected chi connectivity index (χ2v) is 8.64. The van der Waals surface area contributed by atoms with Crippen molar-refractivity contribution in [3.63, 3.8) is 0 Å². The van der Waals surface area contributed by atoms with Gasteiger partial charge in [0.1, 0.15) is 0 Å². The van der Waals surface area contributed by atoms with Crippen molar-refractivity contribution >= 4 is 0 Å². The summed E-state index contributed by atoms with van der Waals surface area (Å²) in [6.45, 7) is 13.4. The molecule has 2 aliphatic rings. The lowest BCUT2D eigenvalue weighted by molar-refractivity contribution is 0.0186. The van der Waals surface area contributed by atoms with Crippen LogP contribution in [0.1, 0.15) is 86.0 Å². The highest BCUT2D eigenvalue weighted by atomic mass is 14.9. The van der Waals surface area contributed by atoms with Gasteiger partial charge in [-0.1, -0.05) is 60.3 Å². The Morgan fingerprint density at radius 2 is 1.62 bits per heavy atom. The molecule has 2 fully saturated rings. The number of nitrogens with one attached hydrogen (secondary N) is 1. The molecule has 0 amide bonds. The molecule has 1 N–H and O–H groups in total. The first-order valence-electron chi connectivity index (χ1n) is 9.72. The van der Waals surface area contributed by atoms with Crippen LogP contribution in [0.25, 0.3) is 0 Å². The van der Waals surface area contributed by atoms with Gasteiger partial charge in [-0.2, -0.15) is 0 Å². The Kier molecular flexibility index (Phi) is 6.17. The van der Waals surface area contributed by atoms with Crippen LogP contribution in [-0.4, -0.2) is 12.6 Å². The maximum atomic E-state index is 3.83. The molecule has 0 aromatic carbocycles. The Labute approximate surface area is 133 Å². The number of hydrogen-bond acceptors (Lipinski definition) is 1. The van der Waals surface area contributed by atoms with E-state index in [4.69, 9.17) is 0 Å². The third-order valence-corrected chi connectivity index (χ3v) is 7.01. The fourth-order valence-electron chi connectivity index (χ4n) is 5.38. The summed E-state index contributed by atoms with van der Waals surface area (Å²) in [7, 11) is 0. The average molecular weight is 294 g/mol. The molecule has 2 aliphatic carbocycles. The van der Waals surface area contributed by atoms with Gasteiger partial charge in [-0.25, -0.2) is 0 Å². The molecule has 0 aromatic heterocycles. The predicted octanol–water partition coefficient (Wildman–Crippen LogP) is 5.64. The van der Waals surface area contributed by atoms with E-state index in [1.54, 1.807) is 0 Å². The van der Waals surface area contributed by atoms with Gasteiger partial charge in [-0.3, -0.25) is 0 Å². The van der Waals surface area contributed by atoms with Crippen LogP contribution in [0.2, 0.25) is 0 Å². The van der Waals surface area contributed by atoms with E-state index in [2.05, 4.69) is 39.9 Å². The van der Waals surface area contributed by atoms with E-state index in [0.29, 0.717) is 5.41 Å². The quantitative estimate of drug-likeness (QED) is 0.691. The van der Waals surface area contributed by atoms with Crippen molar-refractivity contribution in [1.29, 1.82) is 0 Å². The van der Waals surface area contributed by atoms with Crippen LogP contribution < -0.4 is 5.32 Å². The largest absolute Gasteiger partial charge is 0.314 e. The molecule has 0 saturated heterocycles. The molecule has 3 atom stereocenters. The zero-order chi connectivity index (χ0) is 15.5. The maximum Gasteiger partial charge on any atom is 0.0103 e. The van der Waals surface area contributed by atoms with Gasteiger partial charge >= 0.3 is 0 Å². The molecule has 1 heteroatoms. The van der Waals surface area contributed by atoms with Crippen molar-refractivity contribution < 1.29 is 0 Å². The number of hydrogen-bond donors (Lipinski definition) is 1. The van der Waals surface area contributed by atoms with E-state index < -0.39 is 0 Å². The molecule has 0 bridgehead atoms. The highest BCUT2D eigenvalue weighted by molar-refractivity contribution is 4.96. The molecule has 2 saturated carbocycles. The molecule has 0 spiro atoms. The van der Waals surface area contributed by atoms with Crippen molar-refractivity contribution in [2.45, 2.75) is 92.0 Å².